The Bertz CT molecular complexity index is 886. The molecule has 7 heteroatoms. The maximum atomic E-state index is 12.5. The summed E-state index contributed by atoms with van der Waals surface area (Å²) in [5, 5.41) is 2.90. The highest BCUT2D eigenvalue weighted by Crippen LogP contribution is 2.20. The van der Waals surface area contributed by atoms with Crippen LogP contribution >= 0.6 is 0 Å². The van der Waals surface area contributed by atoms with Crippen LogP contribution in [0.25, 0.3) is 0 Å². The topological polar surface area (TPSA) is 87.3 Å². The van der Waals surface area contributed by atoms with E-state index in [2.05, 4.69) is 29.1 Å². The first kappa shape index (κ1) is 21.0. The molecule has 0 spiro atoms. The third-order valence-corrected chi connectivity index (χ3v) is 5.50. The second-order valence-corrected chi connectivity index (χ2v) is 7.53. The molecule has 0 bridgehead atoms. The Kier molecular flexibility index (Phi) is 7.04. The van der Waals surface area contributed by atoms with E-state index < -0.39 is 0 Å². The zero-order valence-electron chi connectivity index (χ0n) is 17.5. The second-order valence-electron chi connectivity index (χ2n) is 7.53. The highest BCUT2D eigenvalue weighted by Gasteiger charge is 2.17. The van der Waals surface area contributed by atoms with Gasteiger partial charge in [0.15, 0.2) is 0 Å². The van der Waals surface area contributed by atoms with Crippen molar-refractivity contribution in [3.63, 3.8) is 0 Å². The minimum absolute atomic E-state index is 0.114. The van der Waals surface area contributed by atoms with Gasteiger partial charge in [-0.15, -0.1) is 0 Å². The monoisotopic (exact) mass is 398 g/mol. The van der Waals surface area contributed by atoms with Crippen LogP contribution in [0.2, 0.25) is 0 Å². The van der Waals surface area contributed by atoms with Crippen LogP contribution < -0.4 is 15.8 Å². The third-order valence-electron chi connectivity index (χ3n) is 5.50. The van der Waals surface area contributed by atoms with E-state index >= 15 is 0 Å². The summed E-state index contributed by atoms with van der Waals surface area (Å²) in [4.78, 5) is 34.3. The summed E-state index contributed by atoms with van der Waals surface area (Å²) < 4.78 is 5.34. The van der Waals surface area contributed by atoms with Crippen molar-refractivity contribution in [3.05, 3.63) is 51.4 Å². The van der Waals surface area contributed by atoms with Crippen LogP contribution in [0.5, 0.6) is 0 Å². The van der Waals surface area contributed by atoms with Crippen molar-refractivity contribution in [3.8, 4) is 0 Å². The fourth-order valence-corrected chi connectivity index (χ4v) is 3.41. The van der Waals surface area contributed by atoms with Crippen LogP contribution in [-0.4, -0.2) is 42.2 Å². The number of anilines is 2. The van der Waals surface area contributed by atoms with Crippen molar-refractivity contribution in [1.29, 1.82) is 0 Å². The number of benzene rings is 1. The number of carbonyl (C=O) groups excluding carboxylic acids is 1. The molecular weight excluding hydrogens is 368 g/mol. The van der Waals surface area contributed by atoms with Gasteiger partial charge < -0.3 is 15.0 Å². The molecule has 2 aromatic rings. The van der Waals surface area contributed by atoms with Crippen LogP contribution in [0, 0.1) is 6.92 Å². The molecule has 1 amide bonds. The summed E-state index contributed by atoms with van der Waals surface area (Å²) >= 11 is 0. The zero-order valence-corrected chi connectivity index (χ0v) is 17.5. The van der Waals surface area contributed by atoms with Crippen LogP contribution in [0.15, 0.2) is 29.1 Å². The van der Waals surface area contributed by atoms with Gasteiger partial charge in [0.1, 0.15) is 0 Å². The quantitative estimate of drug-likeness (QED) is 0.749. The summed E-state index contributed by atoms with van der Waals surface area (Å²) in [5.74, 6) is 0.963. The Morgan fingerprint density at radius 1 is 1.28 bits per heavy atom. The molecule has 2 heterocycles. The Morgan fingerprint density at radius 3 is 2.59 bits per heavy atom. The number of ether oxygens (including phenoxy) is 1. The minimum Gasteiger partial charge on any atom is -0.378 e. The number of hydrogen-bond acceptors (Lipinski definition) is 5. The average Bonchev–Trinajstić information content (AvgIpc) is 2.73. The SMILES string of the molecule is CC[C@H](C)c1ccc(NC(=O)CCc2c(C)nc(N3CCOCC3)[nH]c2=O)cc1. The van der Waals surface area contributed by atoms with E-state index in [1.54, 1.807) is 0 Å². The number of aromatic amines is 1. The van der Waals surface area contributed by atoms with Crippen LogP contribution in [0.3, 0.4) is 0 Å². The Balaban J connectivity index is 1.59. The molecule has 1 aliphatic heterocycles. The minimum atomic E-state index is -0.176. The van der Waals surface area contributed by atoms with Gasteiger partial charge in [-0.25, -0.2) is 4.98 Å². The van der Waals surface area contributed by atoms with Crippen molar-refractivity contribution >= 4 is 17.5 Å². The maximum absolute atomic E-state index is 12.5. The number of hydrogen-bond donors (Lipinski definition) is 2. The average molecular weight is 399 g/mol. The molecule has 1 aliphatic rings. The van der Waals surface area contributed by atoms with Crippen molar-refractivity contribution in [2.24, 2.45) is 0 Å². The number of morpholine rings is 1. The van der Waals surface area contributed by atoms with Gasteiger partial charge in [0.25, 0.3) is 5.56 Å². The molecule has 1 saturated heterocycles. The number of nitrogens with one attached hydrogen (secondary N) is 2. The van der Waals surface area contributed by atoms with E-state index in [1.807, 2.05) is 36.1 Å². The highest BCUT2D eigenvalue weighted by molar-refractivity contribution is 5.90. The summed E-state index contributed by atoms with van der Waals surface area (Å²) in [6.07, 6.45) is 1.67. The lowest BCUT2D eigenvalue weighted by Crippen LogP contribution is -2.38. The maximum Gasteiger partial charge on any atom is 0.255 e. The van der Waals surface area contributed by atoms with Crippen molar-refractivity contribution < 1.29 is 9.53 Å². The molecule has 156 valence electrons. The smallest absolute Gasteiger partial charge is 0.255 e. The van der Waals surface area contributed by atoms with Crippen LogP contribution in [-0.2, 0) is 16.0 Å². The Hall–Kier alpha value is -2.67. The number of aromatic nitrogens is 2. The van der Waals surface area contributed by atoms with E-state index in [0.717, 1.165) is 12.1 Å². The summed E-state index contributed by atoms with van der Waals surface area (Å²) in [7, 11) is 0. The van der Waals surface area contributed by atoms with Crippen molar-refractivity contribution in [2.75, 3.05) is 36.5 Å². The molecule has 0 aliphatic carbocycles. The number of carbonyl (C=O) groups is 1. The van der Waals surface area contributed by atoms with E-state index in [4.69, 9.17) is 4.74 Å². The molecule has 1 atom stereocenters. The van der Waals surface area contributed by atoms with Gasteiger partial charge in [-0.3, -0.25) is 14.6 Å². The molecule has 0 unspecified atom stereocenters. The lowest BCUT2D eigenvalue weighted by molar-refractivity contribution is -0.116. The first-order chi connectivity index (χ1) is 14.0. The number of H-pyrrole nitrogens is 1. The molecule has 7 nitrogen and oxygen atoms in total. The Morgan fingerprint density at radius 2 is 1.97 bits per heavy atom. The number of amides is 1. The lowest BCUT2D eigenvalue weighted by atomic mass is 9.98. The predicted octanol–water partition coefficient (Wildman–Crippen LogP) is 3.00. The van der Waals surface area contributed by atoms with E-state index in [9.17, 15) is 9.59 Å². The molecule has 1 aromatic carbocycles. The van der Waals surface area contributed by atoms with Gasteiger partial charge in [-0.2, -0.15) is 0 Å². The largest absolute Gasteiger partial charge is 0.378 e. The molecule has 0 saturated carbocycles. The first-order valence-corrected chi connectivity index (χ1v) is 10.3. The Labute approximate surface area is 171 Å². The van der Waals surface area contributed by atoms with Crippen molar-refractivity contribution in [2.45, 2.75) is 46.0 Å². The van der Waals surface area contributed by atoms with E-state index in [1.165, 1.54) is 5.56 Å². The normalized spacial score (nSPS) is 15.2. The van der Waals surface area contributed by atoms with E-state index in [0.29, 0.717) is 55.8 Å². The summed E-state index contributed by atoms with van der Waals surface area (Å²) in [6.45, 7) is 8.84. The fourth-order valence-electron chi connectivity index (χ4n) is 3.41. The van der Waals surface area contributed by atoms with Crippen LogP contribution in [0.1, 0.15) is 49.4 Å². The van der Waals surface area contributed by atoms with Crippen molar-refractivity contribution in [1.82, 2.24) is 9.97 Å². The molecule has 1 aromatic heterocycles. The third kappa shape index (κ3) is 5.44. The van der Waals surface area contributed by atoms with Crippen LogP contribution in [0.4, 0.5) is 11.6 Å². The molecular formula is C22H30N4O3. The zero-order chi connectivity index (χ0) is 20.8. The van der Waals surface area contributed by atoms with Gasteiger partial charge in [0, 0.05) is 36.5 Å². The molecule has 2 N–H and O–H groups in total. The summed E-state index contributed by atoms with van der Waals surface area (Å²) in [6, 6.07) is 7.95. The number of rotatable bonds is 7. The second kappa shape index (κ2) is 9.69. The predicted molar refractivity (Wildman–Crippen MR) is 115 cm³/mol. The van der Waals surface area contributed by atoms with E-state index in [-0.39, 0.29) is 17.9 Å². The van der Waals surface area contributed by atoms with Gasteiger partial charge in [-0.05, 0) is 43.4 Å². The van der Waals surface area contributed by atoms with Gasteiger partial charge >= 0.3 is 0 Å². The standard InChI is InChI=1S/C22H30N4O3/c1-4-15(2)17-5-7-18(8-6-17)24-20(27)10-9-19-16(3)23-22(25-21(19)28)26-11-13-29-14-12-26/h5-8,15H,4,9-14H2,1-3H3,(H,24,27)(H,23,25,28)/t15-/m0/s1. The van der Waals surface area contributed by atoms with Gasteiger partial charge in [0.2, 0.25) is 11.9 Å². The lowest BCUT2D eigenvalue weighted by Gasteiger charge is -2.27. The number of aryl methyl sites for hydroxylation is 1. The van der Waals surface area contributed by atoms with Gasteiger partial charge in [-0.1, -0.05) is 26.0 Å². The number of nitrogens with zero attached hydrogens (tertiary/aromatic N) is 2. The molecule has 29 heavy (non-hydrogen) atoms. The molecule has 3 rings (SSSR count). The summed E-state index contributed by atoms with van der Waals surface area (Å²) in [5.41, 5.74) is 3.09. The van der Waals surface area contributed by atoms with Gasteiger partial charge in [0.05, 0.1) is 13.2 Å². The molecule has 1 fully saturated rings. The fraction of sp³-hybridized carbons (Fsp3) is 0.500. The highest BCUT2D eigenvalue weighted by atomic mass is 16.5. The molecule has 0 radical (unpaired) electrons. The first-order valence-electron chi connectivity index (χ1n) is 10.3.